The van der Waals surface area contributed by atoms with Crippen molar-refractivity contribution in [1.29, 1.82) is 0 Å². The molecule has 2 rings (SSSR count). The lowest BCUT2D eigenvalue weighted by Gasteiger charge is -2.43. The van der Waals surface area contributed by atoms with E-state index in [4.69, 9.17) is 0 Å². The highest BCUT2D eigenvalue weighted by molar-refractivity contribution is 8.03. The van der Waals surface area contributed by atoms with Crippen molar-refractivity contribution in [1.82, 2.24) is 4.90 Å². The number of allylic oxidation sites excluding steroid dienone is 1. The van der Waals surface area contributed by atoms with Crippen LogP contribution in [0.25, 0.3) is 0 Å². The molecule has 1 aliphatic rings. The Bertz CT molecular complexity index is 411. The Kier molecular flexibility index (Phi) is 3.50. The number of benzene rings is 1. The molecule has 1 aromatic carbocycles. The van der Waals surface area contributed by atoms with Crippen LogP contribution in [0.2, 0.25) is 0 Å². The molecule has 1 N–H and O–H groups in total. The van der Waals surface area contributed by atoms with Gasteiger partial charge in [-0.1, -0.05) is 36.0 Å². The van der Waals surface area contributed by atoms with Crippen LogP contribution in [0, 0.1) is 0 Å². The number of anilines is 1. The van der Waals surface area contributed by atoms with Gasteiger partial charge in [0, 0.05) is 11.2 Å². The quantitative estimate of drug-likeness (QED) is 0.858. The molecular formula is C14H20N2S. The zero-order chi connectivity index (χ0) is 12.5. The minimum Gasteiger partial charge on any atom is -0.361 e. The molecule has 0 saturated heterocycles. The van der Waals surface area contributed by atoms with Crippen molar-refractivity contribution < 1.29 is 0 Å². The summed E-state index contributed by atoms with van der Waals surface area (Å²) in [6, 6.07) is 10.4. The minimum absolute atomic E-state index is 0.0990. The molecule has 3 heteroatoms. The molecule has 0 amide bonds. The summed E-state index contributed by atoms with van der Waals surface area (Å²) in [6.07, 6.45) is 2.32. The summed E-state index contributed by atoms with van der Waals surface area (Å²) >= 11 is 1.87. The predicted molar refractivity (Wildman–Crippen MR) is 77.0 cm³/mol. The molecule has 0 aliphatic carbocycles. The van der Waals surface area contributed by atoms with E-state index in [1.807, 2.05) is 17.8 Å². The summed E-state index contributed by atoms with van der Waals surface area (Å²) in [4.78, 5) is 3.74. The van der Waals surface area contributed by atoms with Gasteiger partial charge in [-0.2, -0.15) is 0 Å². The van der Waals surface area contributed by atoms with Gasteiger partial charge in [-0.05, 0) is 44.9 Å². The highest BCUT2D eigenvalue weighted by Gasteiger charge is 2.32. The highest BCUT2D eigenvalue weighted by atomic mass is 32.2. The van der Waals surface area contributed by atoms with E-state index in [0.717, 1.165) is 0 Å². The lowest BCUT2D eigenvalue weighted by Crippen LogP contribution is -2.50. The molecule has 0 spiro atoms. The molecule has 0 bridgehead atoms. The molecule has 1 heterocycles. The molecule has 2 nitrogen and oxygen atoms in total. The normalized spacial score (nSPS) is 24.2. The van der Waals surface area contributed by atoms with Crippen molar-refractivity contribution in [3.05, 3.63) is 41.3 Å². The molecular weight excluding hydrogens is 228 g/mol. The number of nitrogens with one attached hydrogen (secondary N) is 1. The number of hydrogen-bond donors (Lipinski definition) is 1. The Hall–Kier alpha value is -0.930. The van der Waals surface area contributed by atoms with Crippen molar-refractivity contribution in [3.63, 3.8) is 0 Å². The summed E-state index contributed by atoms with van der Waals surface area (Å²) in [5, 5.41) is 3.56. The van der Waals surface area contributed by atoms with E-state index >= 15 is 0 Å². The zero-order valence-corrected chi connectivity index (χ0v) is 11.7. The lowest BCUT2D eigenvalue weighted by atomic mass is 10.0. The third kappa shape index (κ3) is 2.85. The molecule has 0 fully saturated rings. The molecule has 1 atom stereocenters. The molecule has 1 unspecified atom stereocenters. The van der Waals surface area contributed by atoms with Gasteiger partial charge in [-0.3, -0.25) is 4.90 Å². The standard InChI is InChI=1S/C14H20N2S/c1-11-10-14(2,3)16(4)13(17-11)15-12-8-6-5-7-9-12/h5-10,13,15H,1-4H3. The fraction of sp³-hybridized carbons (Fsp3) is 0.429. The van der Waals surface area contributed by atoms with Crippen molar-refractivity contribution >= 4 is 17.4 Å². The first-order valence-electron chi connectivity index (χ1n) is 5.90. The number of rotatable bonds is 2. The number of para-hydroxylation sites is 1. The van der Waals surface area contributed by atoms with Gasteiger partial charge in [-0.15, -0.1) is 0 Å². The third-order valence-electron chi connectivity index (χ3n) is 3.18. The summed E-state index contributed by atoms with van der Waals surface area (Å²) in [6.45, 7) is 6.67. The molecule has 92 valence electrons. The first-order valence-corrected chi connectivity index (χ1v) is 6.78. The van der Waals surface area contributed by atoms with E-state index < -0.39 is 0 Å². The average molecular weight is 248 g/mol. The Morgan fingerprint density at radius 3 is 2.53 bits per heavy atom. The maximum absolute atomic E-state index is 3.56. The zero-order valence-electron chi connectivity index (χ0n) is 10.9. The van der Waals surface area contributed by atoms with E-state index in [2.05, 4.69) is 68.4 Å². The lowest BCUT2D eigenvalue weighted by molar-refractivity contribution is 0.198. The Balaban J connectivity index is 2.15. The summed E-state index contributed by atoms with van der Waals surface area (Å²) in [7, 11) is 2.16. The monoisotopic (exact) mass is 248 g/mol. The first-order chi connectivity index (χ1) is 7.99. The van der Waals surface area contributed by atoms with E-state index in [9.17, 15) is 0 Å². The average Bonchev–Trinajstić information content (AvgIpc) is 2.26. The summed E-state index contributed by atoms with van der Waals surface area (Å²) in [5.74, 6) is 0. The molecule has 0 aromatic heterocycles. The van der Waals surface area contributed by atoms with Crippen molar-refractivity contribution in [2.75, 3.05) is 12.4 Å². The van der Waals surface area contributed by atoms with Gasteiger partial charge in [0.15, 0.2) is 0 Å². The number of thioether (sulfide) groups is 1. The smallest absolute Gasteiger partial charge is 0.132 e. The molecule has 17 heavy (non-hydrogen) atoms. The predicted octanol–water partition coefficient (Wildman–Crippen LogP) is 3.74. The largest absolute Gasteiger partial charge is 0.361 e. The van der Waals surface area contributed by atoms with Crippen LogP contribution < -0.4 is 5.32 Å². The fourth-order valence-corrected chi connectivity index (χ4v) is 3.33. The van der Waals surface area contributed by atoms with Crippen LogP contribution in [0.4, 0.5) is 5.69 Å². The van der Waals surface area contributed by atoms with E-state index in [-0.39, 0.29) is 11.0 Å². The van der Waals surface area contributed by atoms with Crippen LogP contribution in [0.1, 0.15) is 20.8 Å². The Labute approximate surface area is 108 Å². The van der Waals surface area contributed by atoms with Crippen LogP contribution in [0.15, 0.2) is 41.3 Å². The summed E-state index contributed by atoms with van der Waals surface area (Å²) in [5.41, 5.74) is 1.56. The maximum Gasteiger partial charge on any atom is 0.132 e. The van der Waals surface area contributed by atoms with Crippen LogP contribution in [-0.4, -0.2) is 23.0 Å². The van der Waals surface area contributed by atoms with Gasteiger partial charge in [0.25, 0.3) is 0 Å². The van der Waals surface area contributed by atoms with Crippen LogP contribution >= 0.6 is 11.8 Å². The van der Waals surface area contributed by atoms with E-state index in [1.54, 1.807) is 0 Å². The van der Waals surface area contributed by atoms with Gasteiger partial charge in [0.05, 0.1) is 0 Å². The highest BCUT2D eigenvalue weighted by Crippen LogP contribution is 2.36. The van der Waals surface area contributed by atoms with Crippen LogP contribution in [0.3, 0.4) is 0 Å². The van der Waals surface area contributed by atoms with Crippen LogP contribution in [0.5, 0.6) is 0 Å². The fourth-order valence-electron chi connectivity index (χ4n) is 1.99. The van der Waals surface area contributed by atoms with E-state index in [0.29, 0.717) is 0 Å². The van der Waals surface area contributed by atoms with Gasteiger partial charge < -0.3 is 5.32 Å². The Morgan fingerprint density at radius 2 is 1.88 bits per heavy atom. The van der Waals surface area contributed by atoms with Gasteiger partial charge in [0.2, 0.25) is 0 Å². The first kappa shape index (κ1) is 12.5. The SMILES string of the molecule is CC1=CC(C)(C)N(C)C(Nc2ccccc2)S1. The third-order valence-corrected chi connectivity index (χ3v) is 4.33. The second kappa shape index (κ2) is 4.75. The van der Waals surface area contributed by atoms with Gasteiger partial charge in [0.1, 0.15) is 5.50 Å². The van der Waals surface area contributed by atoms with Gasteiger partial charge in [-0.25, -0.2) is 0 Å². The second-order valence-electron chi connectivity index (χ2n) is 5.00. The number of hydrogen-bond acceptors (Lipinski definition) is 3. The maximum atomic E-state index is 3.56. The Morgan fingerprint density at radius 1 is 1.24 bits per heavy atom. The van der Waals surface area contributed by atoms with Crippen molar-refractivity contribution in [2.45, 2.75) is 31.8 Å². The molecule has 0 saturated carbocycles. The second-order valence-corrected chi connectivity index (χ2v) is 6.33. The van der Waals surface area contributed by atoms with Crippen LogP contribution in [-0.2, 0) is 0 Å². The number of likely N-dealkylation sites (N-methyl/N-ethyl adjacent to an activating group) is 1. The molecule has 0 radical (unpaired) electrons. The molecule has 1 aliphatic heterocycles. The van der Waals surface area contributed by atoms with E-state index in [1.165, 1.54) is 10.6 Å². The topological polar surface area (TPSA) is 15.3 Å². The summed E-state index contributed by atoms with van der Waals surface area (Å²) < 4.78 is 0. The van der Waals surface area contributed by atoms with Crippen molar-refractivity contribution in [3.8, 4) is 0 Å². The minimum atomic E-state index is 0.0990. The van der Waals surface area contributed by atoms with Crippen molar-refractivity contribution in [2.24, 2.45) is 0 Å². The molecule has 1 aromatic rings. The number of nitrogens with zero attached hydrogens (tertiary/aromatic N) is 1. The van der Waals surface area contributed by atoms with Gasteiger partial charge >= 0.3 is 0 Å².